The van der Waals surface area contributed by atoms with Crippen LogP contribution in [0.5, 0.6) is 11.5 Å². The highest BCUT2D eigenvalue weighted by atomic mass is 32.2. The van der Waals surface area contributed by atoms with Crippen molar-refractivity contribution in [2.45, 2.75) is 23.5 Å². The molecule has 1 aliphatic heterocycles. The summed E-state index contributed by atoms with van der Waals surface area (Å²) < 4.78 is 23.3. The van der Waals surface area contributed by atoms with Gasteiger partial charge in [0.15, 0.2) is 11.5 Å². The summed E-state index contributed by atoms with van der Waals surface area (Å²) >= 11 is 1.40. The standard InChI is InChI=1S/C20H23FN4O4S/c1-28-14-8-5-12(9-15(14)29-2)18(26)23-16-17(22)24-20(25-19(16)27)30-10-11-3-6-13(21)7-4-11/h3-9,16-17,20,24H,10,22H2,1-2H3,(H,23,26)(H,25,27). The topological polar surface area (TPSA) is 115 Å². The number of ether oxygens (including phenoxy) is 2. The maximum absolute atomic E-state index is 13.0. The summed E-state index contributed by atoms with van der Waals surface area (Å²) in [7, 11) is 2.97. The highest BCUT2D eigenvalue weighted by Gasteiger charge is 2.35. The highest BCUT2D eigenvalue weighted by Crippen LogP contribution is 2.27. The lowest BCUT2D eigenvalue weighted by atomic mass is 10.1. The second kappa shape index (κ2) is 9.79. The van der Waals surface area contributed by atoms with Crippen LogP contribution < -0.4 is 31.2 Å². The normalized spacial score (nSPS) is 20.9. The van der Waals surface area contributed by atoms with Crippen molar-refractivity contribution < 1.29 is 23.5 Å². The van der Waals surface area contributed by atoms with Gasteiger partial charge >= 0.3 is 0 Å². The smallest absolute Gasteiger partial charge is 0.252 e. The van der Waals surface area contributed by atoms with Crippen molar-refractivity contribution in [1.29, 1.82) is 0 Å². The Hall–Kier alpha value is -2.82. The number of methoxy groups -OCH3 is 2. The molecule has 0 saturated carbocycles. The molecule has 0 radical (unpaired) electrons. The van der Waals surface area contributed by atoms with E-state index in [4.69, 9.17) is 15.2 Å². The first kappa shape index (κ1) is 21.9. The van der Waals surface area contributed by atoms with E-state index in [0.717, 1.165) is 5.56 Å². The van der Waals surface area contributed by atoms with Crippen molar-refractivity contribution >= 4 is 23.6 Å². The molecule has 0 aromatic heterocycles. The lowest BCUT2D eigenvalue weighted by Gasteiger charge is -2.35. The Balaban J connectivity index is 1.58. The zero-order valence-electron chi connectivity index (χ0n) is 16.5. The van der Waals surface area contributed by atoms with Gasteiger partial charge < -0.3 is 25.8 Å². The molecule has 10 heteroatoms. The molecule has 1 fully saturated rings. The summed E-state index contributed by atoms with van der Waals surface area (Å²) in [6, 6.07) is 9.87. The van der Waals surface area contributed by atoms with E-state index < -0.39 is 29.5 Å². The molecule has 3 unspecified atom stereocenters. The van der Waals surface area contributed by atoms with Crippen LogP contribution in [-0.4, -0.2) is 43.7 Å². The van der Waals surface area contributed by atoms with E-state index in [2.05, 4.69) is 16.0 Å². The van der Waals surface area contributed by atoms with Gasteiger partial charge in [0.05, 0.1) is 20.4 Å². The number of nitrogens with two attached hydrogens (primary N) is 1. The summed E-state index contributed by atoms with van der Waals surface area (Å²) in [5, 5.41) is 8.47. The summed E-state index contributed by atoms with van der Waals surface area (Å²) in [4.78, 5) is 25.1. The molecule has 2 amide bonds. The molecule has 2 aromatic carbocycles. The number of carbonyl (C=O) groups is 2. The summed E-state index contributed by atoms with van der Waals surface area (Å²) in [5.41, 5.74) is 6.86. The number of hydrogen-bond acceptors (Lipinski definition) is 7. The van der Waals surface area contributed by atoms with Gasteiger partial charge in [0, 0.05) is 11.3 Å². The van der Waals surface area contributed by atoms with Crippen LogP contribution in [0.15, 0.2) is 42.5 Å². The predicted molar refractivity (Wildman–Crippen MR) is 112 cm³/mol. The Labute approximate surface area is 177 Å². The number of amides is 2. The molecule has 1 aliphatic rings. The molecule has 2 aromatic rings. The third-order valence-electron chi connectivity index (χ3n) is 4.52. The zero-order valence-corrected chi connectivity index (χ0v) is 17.3. The van der Waals surface area contributed by atoms with Crippen molar-refractivity contribution in [3.05, 3.63) is 59.4 Å². The fourth-order valence-electron chi connectivity index (χ4n) is 2.90. The SMILES string of the molecule is COc1ccc(C(=O)NC2C(=O)NC(SCc3ccc(F)cc3)NC2N)cc1OC. The van der Waals surface area contributed by atoms with Crippen molar-refractivity contribution in [2.24, 2.45) is 5.73 Å². The Bertz CT molecular complexity index is 912. The first-order chi connectivity index (χ1) is 14.4. The van der Waals surface area contributed by atoms with E-state index in [1.54, 1.807) is 24.3 Å². The van der Waals surface area contributed by atoms with E-state index in [1.165, 1.54) is 44.2 Å². The number of benzene rings is 2. The lowest BCUT2D eigenvalue weighted by Crippen LogP contribution is -2.70. The maximum Gasteiger partial charge on any atom is 0.252 e. The molecule has 0 spiro atoms. The Morgan fingerprint density at radius 2 is 1.87 bits per heavy atom. The van der Waals surface area contributed by atoms with Gasteiger partial charge in [-0.05, 0) is 35.9 Å². The first-order valence-corrected chi connectivity index (χ1v) is 10.2. The number of halogens is 1. The summed E-state index contributed by atoms with van der Waals surface area (Å²) in [5.74, 6) is 0.273. The molecule has 5 N–H and O–H groups in total. The van der Waals surface area contributed by atoms with Gasteiger partial charge in [0.2, 0.25) is 5.91 Å². The third kappa shape index (κ3) is 5.21. The molecule has 30 heavy (non-hydrogen) atoms. The minimum atomic E-state index is -0.951. The Kier molecular flexibility index (Phi) is 7.14. The summed E-state index contributed by atoms with van der Waals surface area (Å²) in [6.07, 6.45) is -0.784. The number of thioether (sulfide) groups is 1. The molecule has 0 aliphatic carbocycles. The molecule has 3 rings (SSSR count). The third-order valence-corrected chi connectivity index (χ3v) is 5.61. The van der Waals surface area contributed by atoms with Crippen molar-refractivity contribution in [2.75, 3.05) is 14.2 Å². The van der Waals surface area contributed by atoms with Gasteiger partial charge in [-0.3, -0.25) is 14.9 Å². The maximum atomic E-state index is 13.0. The van der Waals surface area contributed by atoms with Gasteiger partial charge in [-0.2, -0.15) is 0 Å². The van der Waals surface area contributed by atoms with Crippen molar-refractivity contribution in [3.8, 4) is 11.5 Å². The molecule has 1 heterocycles. The number of rotatable bonds is 7. The quantitative estimate of drug-likeness (QED) is 0.517. The van der Waals surface area contributed by atoms with Crippen molar-refractivity contribution in [1.82, 2.24) is 16.0 Å². The second-order valence-corrected chi connectivity index (χ2v) is 7.63. The van der Waals surface area contributed by atoms with Crippen LogP contribution in [0, 0.1) is 5.82 Å². The Morgan fingerprint density at radius 1 is 1.17 bits per heavy atom. The highest BCUT2D eigenvalue weighted by molar-refractivity contribution is 7.99. The molecular formula is C20H23FN4O4S. The van der Waals surface area contributed by atoms with Crippen LogP contribution in [0.4, 0.5) is 4.39 Å². The fourth-order valence-corrected chi connectivity index (χ4v) is 3.91. The van der Waals surface area contributed by atoms with E-state index >= 15 is 0 Å². The van der Waals surface area contributed by atoms with Crippen molar-refractivity contribution in [3.63, 3.8) is 0 Å². The molecule has 1 saturated heterocycles. The average molecular weight is 434 g/mol. The van der Waals surface area contributed by atoms with Crippen LogP contribution >= 0.6 is 11.8 Å². The second-order valence-electron chi connectivity index (χ2n) is 6.54. The zero-order chi connectivity index (χ0) is 21.7. The Morgan fingerprint density at radius 3 is 2.50 bits per heavy atom. The molecule has 160 valence electrons. The molecular weight excluding hydrogens is 411 g/mol. The monoisotopic (exact) mass is 434 g/mol. The van der Waals surface area contributed by atoms with E-state index in [-0.39, 0.29) is 5.82 Å². The largest absolute Gasteiger partial charge is 0.493 e. The van der Waals surface area contributed by atoms with Crippen LogP contribution in [0.2, 0.25) is 0 Å². The number of nitrogens with one attached hydrogen (secondary N) is 3. The number of carbonyl (C=O) groups excluding carboxylic acids is 2. The fraction of sp³-hybridized carbons (Fsp3) is 0.300. The molecule has 0 bridgehead atoms. The van der Waals surface area contributed by atoms with Crippen LogP contribution in [0.25, 0.3) is 0 Å². The van der Waals surface area contributed by atoms with E-state index in [9.17, 15) is 14.0 Å². The summed E-state index contributed by atoms with van der Waals surface area (Å²) in [6.45, 7) is 0. The van der Waals surface area contributed by atoms with Crippen LogP contribution in [0.3, 0.4) is 0 Å². The van der Waals surface area contributed by atoms with Crippen LogP contribution in [0.1, 0.15) is 15.9 Å². The van der Waals surface area contributed by atoms with Gasteiger partial charge in [0.25, 0.3) is 5.91 Å². The molecule has 8 nitrogen and oxygen atoms in total. The molecule has 3 atom stereocenters. The number of hydrogen-bond donors (Lipinski definition) is 4. The average Bonchev–Trinajstić information content (AvgIpc) is 2.75. The van der Waals surface area contributed by atoms with Gasteiger partial charge in [-0.25, -0.2) is 4.39 Å². The minimum absolute atomic E-state index is 0.303. The minimum Gasteiger partial charge on any atom is -0.493 e. The van der Waals surface area contributed by atoms with Gasteiger partial charge in [-0.15, -0.1) is 11.8 Å². The van der Waals surface area contributed by atoms with E-state index in [1.807, 2.05) is 0 Å². The predicted octanol–water partition coefficient (Wildman–Crippen LogP) is 1.16. The lowest BCUT2D eigenvalue weighted by molar-refractivity contribution is -0.125. The van der Waals surface area contributed by atoms with Crippen LogP contribution in [-0.2, 0) is 10.5 Å². The van der Waals surface area contributed by atoms with Gasteiger partial charge in [0.1, 0.15) is 17.4 Å². The van der Waals surface area contributed by atoms with E-state index in [0.29, 0.717) is 22.8 Å². The van der Waals surface area contributed by atoms with Gasteiger partial charge in [-0.1, -0.05) is 12.1 Å². The first-order valence-electron chi connectivity index (χ1n) is 9.12.